The molecule has 0 aliphatic heterocycles. The van der Waals surface area contributed by atoms with Gasteiger partial charge < -0.3 is 15.4 Å². The van der Waals surface area contributed by atoms with E-state index in [1.54, 1.807) is 25.1 Å². The van der Waals surface area contributed by atoms with E-state index in [2.05, 4.69) is 10.6 Å². The zero-order valence-electron chi connectivity index (χ0n) is 16.2. The number of hydrogen-bond acceptors (Lipinski definition) is 3. The van der Waals surface area contributed by atoms with Crippen LogP contribution in [0.15, 0.2) is 42.5 Å². The lowest BCUT2D eigenvalue weighted by Crippen LogP contribution is -2.36. The Morgan fingerprint density at radius 2 is 1.90 bits per heavy atom. The Balaban J connectivity index is 1.52. The topological polar surface area (TPSA) is 67.4 Å². The van der Waals surface area contributed by atoms with Crippen LogP contribution in [0.3, 0.4) is 0 Å². The molecule has 2 amide bonds. The minimum Gasteiger partial charge on any atom is -0.479 e. The standard InChI is InChI=1S/C22H24Cl2N2O3/c1-14(29-20-10-9-17(23)12-19(20)24)21(27)25-13-15-5-4-8-18(11-15)26-22(28)16-6-2-3-7-16/h4-5,8-12,14,16H,2-3,6-7,13H2,1H3,(H,25,27)(H,26,28). The SMILES string of the molecule is CC(Oc1ccc(Cl)cc1Cl)C(=O)NCc1cccc(NC(=O)C2CCCC2)c1. The Morgan fingerprint density at radius 1 is 1.14 bits per heavy atom. The fourth-order valence-electron chi connectivity index (χ4n) is 3.34. The highest BCUT2D eigenvalue weighted by Gasteiger charge is 2.22. The van der Waals surface area contributed by atoms with Crippen molar-refractivity contribution in [2.24, 2.45) is 5.92 Å². The van der Waals surface area contributed by atoms with E-state index in [0.29, 0.717) is 22.3 Å². The summed E-state index contributed by atoms with van der Waals surface area (Å²) in [6.07, 6.45) is 3.42. The molecule has 0 heterocycles. The largest absolute Gasteiger partial charge is 0.479 e. The maximum absolute atomic E-state index is 12.4. The molecule has 5 nitrogen and oxygen atoms in total. The molecule has 7 heteroatoms. The molecule has 0 saturated heterocycles. The number of hydrogen-bond donors (Lipinski definition) is 2. The summed E-state index contributed by atoms with van der Waals surface area (Å²) in [5, 5.41) is 6.67. The van der Waals surface area contributed by atoms with E-state index in [1.807, 2.05) is 24.3 Å². The maximum atomic E-state index is 12.4. The molecule has 29 heavy (non-hydrogen) atoms. The Morgan fingerprint density at radius 3 is 2.62 bits per heavy atom. The second-order valence-corrected chi connectivity index (χ2v) is 8.07. The van der Waals surface area contributed by atoms with Gasteiger partial charge in [0.1, 0.15) is 5.75 Å². The quantitative estimate of drug-likeness (QED) is 0.628. The molecule has 0 radical (unpaired) electrons. The van der Waals surface area contributed by atoms with E-state index in [1.165, 1.54) is 0 Å². The first-order chi connectivity index (χ1) is 13.9. The molecule has 2 aromatic rings. The number of nitrogens with one attached hydrogen (secondary N) is 2. The van der Waals surface area contributed by atoms with Crippen LogP contribution in [-0.4, -0.2) is 17.9 Å². The molecular weight excluding hydrogens is 411 g/mol. The van der Waals surface area contributed by atoms with Gasteiger partial charge in [-0.2, -0.15) is 0 Å². The first-order valence-corrected chi connectivity index (χ1v) is 10.5. The van der Waals surface area contributed by atoms with E-state index in [-0.39, 0.29) is 17.7 Å². The number of benzene rings is 2. The number of rotatable bonds is 7. The van der Waals surface area contributed by atoms with E-state index in [9.17, 15) is 9.59 Å². The predicted molar refractivity (Wildman–Crippen MR) is 115 cm³/mol. The van der Waals surface area contributed by atoms with E-state index < -0.39 is 6.10 Å². The monoisotopic (exact) mass is 434 g/mol. The summed E-state index contributed by atoms with van der Waals surface area (Å²) in [4.78, 5) is 24.6. The smallest absolute Gasteiger partial charge is 0.261 e. The van der Waals surface area contributed by atoms with Gasteiger partial charge in [0.2, 0.25) is 5.91 Å². The highest BCUT2D eigenvalue weighted by Crippen LogP contribution is 2.28. The molecule has 1 saturated carbocycles. The van der Waals surface area contributed by atoms with Crippen molar-refractivity contribution in [3.05, 3.63) is 58.1 Å². The molecular formula is C22H24Cl2N2O3. The van der Waals surface area contributed by atoms with Crippen molar-refractivity contribution >= 4 is 40.7 Å². The highest BCUT2D eigenvalue weighted by molar-refractivity contribution is 6.35. The van der Waals surface area contributed by atoms with Crippen LogP contribution in [0.2, 0.25) is 10.0 Å². The van der Waals surface area contributed by atoms with Crippen LogP contribution >= 0.6 is 23.2 Å². The van der Waals surface area contributed by atoms with Crippen LogP contribution in [-0.2, 0) is 16.1 Å². The van der Waals surface area contributed by atoms with Crippen LogP contribution < -0.4 is 15.4 Å². The number of carbonyl (C=O) groups is 2. The van der Waals surface area contributed by atoms with Crippen molar-refractivity contribution in [3.8, 4) is 5.75 Å². The molecule has 3 rings (SSSR count). The van der Waals surface area contributed by atoms with Crippen molar-refractivity contribution in [2.45, 2.75) is 45.3 Å². The van der Waals surface area contributed by atoms with Crippen molar-refractivity contribution in [3.63, 3.8) is 0 Å². The molecule has 0 spiro atoms. The predicted octanol–water partition coefficient (Wildman–Crippen LogP) is 5.21. The lowest BCUT2D eigenvalue weighted by Gasteiger charge is -2.16. The molecule has 154 valence electrons. The van der Waals surface area contributed by atoms with Crippen molar-refractivity contribution in [2.75, 3.05) is 5.32 Å². The Hall–Kier alpha value is -2.24. The van der Waals surface area contributed by atoms with E-state index in [0.717, 1.165) is 36.9 Å². The Bertz CT molecular complexity index is 882. The van der Waals surface area contributed by atoms with Crippen molar-refractivity contribution < 1.29 is 14.3 Å². The minimum atomic E-state index is -0.723. The van der Waals surface area contributed by atoms with Gasteiger partial charge in [-0.3, -0.25) is 9.59 Å². The zero-order chi connectivity index (χ0) is 20.8. The molecule has 1 aliphatic rings. The second kappa shape index (κ2) is 9.99. The van der Waals surface area contributed by atoms with E-state index >= 15 is 0 Å². The summed E-state index contributed by atoms with van der Waals surface area (Å²) < 4.78 is 5.62. The van der Waals surface area contributed by atoms with Crippen LogP contribution in [0.5, 0.6) is 5.75 Å². The normalized spacial score (nSPS) is 15.0. The molecule has 2 aromatic carbocycles. The molecule has 1 unspecified atom stereocenters. The van der Waals surface area contributed by atoms with Crippen LogP contribution in [0.1, 0.15) is 38.2 Å². The third-order valence-electron chi connectivity index (χ3n) is 4.95. The number of ether oxygens (including phenoxy) is 1. The molecule has 2 N–H and O–H groups in total. The van der Waals surface area contributed by atoms with Crippen LogP contribution in [0.25, 0.3) is 0 Å². The van der Waals surface area contributed by atoms with Gasteiger partial charge >= 0.3 is 0 Å². The Kier molecular flexibility index (Phi) is 7.40. The third-order valence-corrected chi connectivity index (χ3v) is 5.48. The van der Waals surface area contributed by atoms with Gasteiger partial charge in [0.15, 0.2) is 6.10 Å². The lowest BCUT2D eigenvalue weighted by atomic mass is 10.1. The van der Waals surface area contributed by atoms with Crippen molar-refractivity contribution in [1.29, 1.82) is 0 Å². The first-order valence-electron chi connectivity index (χ1n) is 9.71. The number of anilines is 1. The first kappa shape index (κ1) is 21.5. The van der Waals surface area contributed by atoms with Crippen LogP contribution in [0, 0.1) is 5.92 Å². The number of carbonyl (C=O) groups excluding carboxylic acids is 2. The van der Waals surface area contributed by atoms with Gasteiger partial charge in [0.05, 0.1) is 5.02 Å². The fraction of sp³-hybridized carbons (Fsp3) is 0.364. The highest BCUT2D eigenvalue weighted by atomic mass is 35.5. The minimum absolute atomic E-state index is 0.0746. The van der Waals surface area contributed by atoms with Gasteiger partial charge in [0.25, 0.3) is 5.91 Å². The Labute approximate surface area is 180 Å². The molecule has 1 atom stereocenters. The second-order valence-electron chi connectivity index (χ2n) is 7.22. The van der Waals surface area contributed by atoms with Gasteiger partial charge in [-0.15, -0.1) is 0 Å². The molecule has 1 aliphatic carbocycles. The molecule has 0 bridgehead atoms. The summed E-state index contributed by atoms with van der Waals surface area (Å²) in [6.45, 7) is 1.98. The number of halogens is 2. The molecule has 0 aromatic heterocycles. The average Bonchev–Trinajstić information content (AvgIpc) is 3.23. The number of amides is 2. The fourth-order valence-corrected chi connectivity index (χ4v) is 3.79. The zero-order valence-corrected chi connectivity index (χ0v) is 17.7. The van der Waals surface area contributed by atoms with Gasteiger partial charge in [-0.05, 0) is 55.7 Å². The van der Waals surface area contributed by atoms with Gasteiger partial charge in [-0.25, -0.2) is 0 Å². The summed E-state index contributed by atoms with van der Waals surface area (Å²) in [7, 11) is 0. The summed E-state index contributed by atoms with van der Waals surface area (Å²) in [5.41, 5.74) is 1.63. The van der Waals surface area contributed by atoms with Gasteiger partial charge in [-0.1, -0.05) is 48.2 Å². The molecule has 1 fully saturated rings. The summed E-state index contributed by atoms with van der Waals surface area (Å²) in [6, 6.07) is 12.3. The van der Waals surface area contributed by atoms with E-state index in [4.69, 9.17) is 27.9 Å². The maximum Gasteiger partial charge on any atom is 0.261 e. The lowest BCUT2D eigenvalue weighted by molar-refractivity contribution is -0.127. The summed E-state index contributed by atoms with van der Waals surface area (Å²) in [5.74, 6) is 0.313. The summed E-state index contributed by atoms with van der Waals surface area (Å²) >= 11 is 12.0. The third kappa shape index (κ3) is 6.12. The van der Waals surface area contributed by atoms with Crippen molar-refractivity contribution in [1.82, 2.24) is 5.32 Å². The van der Waals surface area contributed by atoms with Gasteiger partial charge in [0, 0.05) is 23.2 Å². The average molecular weight is 435 g/mol. The van der Waals surface area contributed by atoms with Crippen LogP contribution in [0.4, 0.5) is 5.69 Å².